The molecule has 0 saturated heterocycles. The topological polar surface area (TPSA) is 56.5 Å². The molecule has 108 valence electrons. The molecule has 1 rings (SSSR count). The second-order valence-corrected chi connectivity index (χ2v) is 4.78. The van der Waals surface area contributed by atoms with Gasteiger partial charge >= 0.3 is 0 Å². The van der Waals surface area contributed by atoms with Crippen LogP contribution in [0.25, 0.3) is 0 Å². The number of rotatable bonds is 8. The van der Waals surface area contributed by atoms with Gasteiger partial charge in [0.25, 0.3) is 0 Å². The fraction of sp³-hybridized carbons (Fsp3) is 0.600. The molecule has 0 amide bonds. The lowest BCUT2D eigenvalue weighted by Crippen LogP contribution is -2.29. The zero-order valence-corrected chi connectivity index (χ0v) is 12.4. The van der Waals surface area contributed by atoms with Crippen LogP contribution in [0, 0.1) is 5.92 Å². The molecular weight excluding hydrogens is 240 g/mol. The van der Waals surface area contributed by atoms with Crippen molar-refractivity contribution >= 4 is 0 Å². The Balaban J connectivity index is 2.96. The second kappa shape index (κ2) is 8.02. The Hall–Kier alpha value is -1.26. The molecule has 4 nitrogen and oxygen atoms in total. The van der Waals surface area contributed by atoms with Gasteiger partial charge in [0, 0.05) is 12.1 Å². The van der Waals surface area contributed by atoms with Gasteiger partial charge in [-0.25, -0.2) is 0 Å². The van der Waals surface area contributed by atoms with Crippen molar-refractivity contribution in [3.63, 3.8) is 0 Å². The van der Waals surface area contributed by atoms with E-state index < -0.39 is 0 Å². The van der Waals surface area contributed by atoms with Gasteiger partial charge in [-0.15, -0.1) is 0 Å². The number of hydrogen-bond acceptors (Lipinski definition) is 4. The summed E-state index contributed by atoms with van der Waals surface area (Å²) < 4.78 is 10.6. The van der Waals surface area contributed by atoms with Crippen molar-refractivity contribution in [1.82, 2.24) is 5.43 Å². The number of nitrogens with two attached hydrogens (primary N) is 1. The maximum Gasteiger partial charge on any atom is 0.122 e. The van der Waals surface area contributed by atoms with Gasteiger partial charge in [0.2, 0.25) is 0 Å². The van der Waals surface area contributed by atoms with E-state index >= 15 is 0 Å². The van der Waals surface area contributed by atoms with Crippen molar-refractivity contribution in [2.75, 3.05) is 14.2 Å². The summed E-state index contributed by atoms with van der Waals surface area (Å²) in [7, 11) is 3.31. The van der Waals surface area contributed by atoms with Crippen LogP contribution < -0.4 is 20.7 Å². The Bertz CT molecular complexity index is 356. The molecule has 0 bridgehead atoms. The fourth-order valence-corrected chi connectivity index (χ4v) is 2.29. The predicted octanol–water partition coefficient (Wildman–Crippen LogP) is 3.03. The molecule has 1 aromatic carbocycles. The first-order valence-corrected chi connectivity index (χ1v) is 6.87. The van der Waals surface area contributed by atoms with Crippen LogP contribution in [0.15, 0.2) is 18.2 Å². The van der Waals surface area contributed by atoms with E-state index in [-0.39, 0.29) is 6.04 Å². The second-order valence-electron chi connectivity index (χ2n) is 4.78. The monoisotopic (exact) mass is 266 g/mol. The quantitative estimate of drug-likeness (QED) is 0.561. The van der Waals surface area contributed by atoms with Crippen LogP contribution >= 0.6 is 0 Å². The molecule has 0 heterocycles. The SMILES string of the molecule is CCC(CC)CC(NN)c1cc(OC)cc(OC)c1. The van der Waals surface area contributed by atoms with Crippen molar-refractivity contribution in [3.05, 3.63) is 23.8 Å². The molecule has 0 aliphatic rings. The van der Waals surface area contributed by atoms with Crippen LogP contribution in [-0.4, -0.2) is 14.2 Å². The number of ether oxygens (including phenoxy) is 2. The lowest BCUT2D eigenvalue weighted by molar-refractivity contribution is 0.367. The van der Waals surface area contributed by atoms with Gasteiger partial charge in [-0.2, -0.15) is 0 Å². The predicted molar refractivity (Wildman–Crippen MR) is 78.3 cm³/mol. The smallest absolute Gasteiger partial charge is 0.122 e. The number of hydrazine groups is 1. The summed E-state index contributed by atoms with van der Waals surface area (Å²) in [5, 5.41) is 0. The lowest BCUT2D eigenvalue weighted by atomic mass is 9.91. The molecule has 0 fully saturated rings. The first-order valence-electron chi connectivity index (χ1n) is 6.87. The summed E-state index contributed by atoms with van der Waals surface area (Å²) in [4.78, 5) is 0. The van der Waals surface area contributed by atoms with Gasteiger partial charge in [-0.05, 0) is 30.0 Å². The Labute approximate surface area is 116 Å². The molecule has 0 aromatic heterocycles. The number of benzene rings is 1. The lowest BCUT2D eigenvalue weighted by Gasteiger charge is -2.22. The van der Waals surface area contributed by atoms with Crippen molar-refractivity contribution < 1.29 is 9.47 Å². The zero-order chi connectivity index (χ0) is 14.3. The Morgan fingerprint density at radius 1 is 1.05 bits per heavy atom. The third-order valence-electron chi connectivity index (χ3n) is 3.70. The molecule has 0 aliphatic heterocycles. The highest BCUT2D eigenvalue weighted by Crippen LogP contribution is 2.30. The van der Waals surface area contributed by atoms with E-state index in [2.05, 4.69) is 19.3 Å². The Morgan fingerprint density at radius 3 is 1.95 bits per heavy atom. The number of methoxy groups -OCH3 is 2. The van der Waals surface area contributed by atoms with Crippen LogP contribution in [-0.2, 0) is 0 Å². The molecule has 0 spiro atoms. The average molecular weight is 266 g/mol. The fourth-order valence-electron chi connectivity index (χ4n) is 2.29. The number of hydrogen-bond donors (Lipinski definition) is 2. The third-order valence-corrected chi connectivity index (χ3v) is 3.70. The standard InChI is InChI=1S/C15H26N2O2/c1-5-11(6-2)7-15(17-16)12-8-13(18-3)10-14(9-12)19-4/h8-11,15,17H,5-7,16H2,1-4H3. The number of nitrogens with one attached hydrogen (secondary N) is 1. The van der Waals surface area contributed by atoms with E-state index in [1.165, 1.54) is 0 Å². The molecule has 1 unspecified atom stereocenters. The van der Waals surface area contributed by atoms with Gasteiger partial charge < -0.3 is 9.47 Å². The molecule has 0 radical (unpaired) electrons. The summed E-state index contributed by atoms with van der Waals surface area (Å²) in [5.41, 5.74) is 4.01. The first kappa shape index (κ1) is 15.8. The van der Waals surface area contributed by atoms with Gasteiger partial charge in [-0.3, -0.25) is 11.3 Å². The molecular formula is C15H26N2O2. The maximum absolute atomic E-state index is 5.71. The highest BCUT2D eigenvalue weighted by molar-refractivity contribution is 5.39. The van der Waals surface area contributed by atoms with E-state index in [4.69, 9.17) is 15.3 Å². The van der Waals surface area contributed by atoms with E-state index in [1.54, 1.807) is 14.2 Å². The average Bonchev–Trinajstić information content (AvgIpc) is 2.48. The van der Waals surface area contributed by atoms with E-state index in [9.17, 15) is 0 Å². The van der Waals surface area contributed by atoms with Gasteiger partial charge in [0.15, 0.2) is 0 Å². The summed E-state index contributed by atoms with van der Waals surface area (Å²) in [5.74, 6) is 7.96. The van der Waals surface area contributed by atoms with Gasteiger partial charge in [-0.1, -0.05) is 26.7 Å². The minimum atomic E-state index is 0.119. The summed E-state index contributed by atoms with van der Waals surface area (Å²) >= 11 is 0. The molecule has 0 aliphatic carbocycles. The highest BCUT2D eigenvalue weighted by Gasteiger charge is 2.16. The van der Waals surface area contributed by atoms with Crippen LogP contribution in [0.2, 0.25) is 0 Å². The molecule has 0 saturated carbocycles. The van der Waals surface area contributed by atoms with Gasteiger partial charge in [0.1, 0.15) is 11.5 Å². The normalized spacial score (nSPS) is 12.5. The van der Waals surface area contributed by atoms with E-state index in [0.717, 1.165) is 36.3 Å². The molecule has 19 heavy (non-hydrogen) atoms. The Kier molecular flexibility index (Phi) is 6.67. The van der Waals surface area contributed by atoms with Crippen LogP contribution in [0.5, 0.6) is 11.5 Å². The Morgan fingerprint density at radius 2 is 1.58 bits per heavy atom. The van der Waals surface area contributed by atoms with Crippen LogP contribution in [0.1, 0.15) is 44.7 Å². The zero-order valence-electron chi connectivity index (χ0n) is 12.4. The first-order chi connectivity index (χ1) is 9.18. The molecule has 3 N–H and O–H groups in total. The van der Waals surface area contributed by atoms with E-state index in [0.29, 0.717) is 5.92 Å². The van der Waals surface area contributed by atoms with Crippen molar-refractivity contribution in [2.24, 2.45) is 11.8 Å². The van der Waals surface area contributed by atoms with Crippen LogP contribution in [0.3, 0.4) is 0 Å². The molecule has 1 aromatic rings. The summed E-state index contributed by atoms with van der Waals surface area (Å²) in [6, 6.07) is 6.01. The summed E-state index contributed by atoms with van der Waals surface area (Å²) in [6.07, 6.45) is 3.34. The highest BCUT2D eigenvalue weighted by atomic mass is 16.5. The van der Waals surface area contributed by atoms with E-state index in [1.807, 2.05) is 18.2 Å². The summed E-state index contributed by atoms with van der Waals surface area (Å²) in [6.45, 7) is 4.43. The minimum absolute atomic E-state index is 0.119. The van der Waals surface area contributed by atoms with Crippen molar-refractivity contribution in [1.29, 1.82) is 0 Å². The molecule has 4 heteroatoms. The van der Waals surface area contributed by atoms with Gasteiger partial charge in [0.05, 0.1) is 14.2 Å². The molecule has 1 atom stereocenters. The largest absolute Gasteiger partial charge is 0.497 e. The minimum Gasteiger partial charge on any atom is -0.497 e. The maximum atomic E-state index is 5.71. The van der Waals surface area contributed by atoms with Crippen molar-refractivity contribution in [3.8, 4) is 11.5 Å². The van der Waals surface area contributed by atoms with Crippen molar-refractivity contribution in [2.45, 2.75) is 39.2 Å². The third kappa shape index (κ3) is 4.40. The van der Waals surface area contributed by atoms with Crippen LogP contribution in [0.4, 0.5) is 0 Å².